The van der Waals surface area contributed by atoms with Crippen molar-refractivity contribution in [2.24, 2.45) is 7.05 Å². The van der Waals surface area contributed by atoms with Crippen LogP contribution in [0, 0.1) is 13.8 Å². The lowest BCUT2D eigenvalue weighted by atomic mass is 10.1. The van der Waals surface area contributed by atoms with E-state index in [0.717, 1.165) is 38.4 Å². The van der Waals surface area contributed by atoms with Gasteiger partial charge in [0, 0.05) is 56.1 Å². The first-order valence-corrected chi connectivity index (χ1v) is 9.90. The van der Waals surface area contributed by atoms with Gasteiger partial charge in [-0.3, -0.25) is 9.88 Å². The highest BCUT2D eigenvalue weighted by molar-refractivity contribution is 5.86. The van der Waals surface area contributed by atoms with E-state index in [0.29, 0.717) is 6.10 Å². The molecule has 0 bridgehead atoms. The van der Waals surface area contributed by atoms with Crippen molar-refractivity contribution in [2.75, 3.05) is 13.2 Å². The molecule has 3 heterocycles. The van der Waals surface area contributed by atoms with E-state index in [9.17, 15) is 0 Å². The number of benzene rings is 1. The van der Waals surface area contributed by atoms with Crippen LogP contribution in [0.2, 0.25) is 0 Å². The first kappa shape index (κ1) is 18.2. The van der Waals surface area contributed by atoms with Gasteiger partial charge in [0.05, 0.1) is 11.8 Å². The molecule has 4 heteroatoms. The zero-order chi connectivity index (χ0) is 18.8. The smallest absolute Gasteiger partial charge is 0.0703 e. The summed E-state index contributed by atoms with van der Waals surface area (Å²) in [5, 5.41) is 1.36. The Kier molecular flexibility index (Phi) is 5.28. The number of ether oxygens (including phenoxy) is 1. The summed E-state index contributed by atoms with van der Waals surface area (Å²) in [6.07, 6.45) is 4.55. The van der Waals surface area contributed by atoms with Crippen LogP contribution in [0.25, 0.3) is 10.9 Å². The summed E-state index contributed by atoms with van der Waals surface area (Å²) in [5.41, 5.74) is 6.50. The van der Waals surface area contributed by atoms with Crippen molar-refractivity contribution < 1.29 is 4.74 Å². The average molecular weight is 364 g/mol. The van der Waals surface area contributed by atoms with E-state index in [1.165, 1.54) is 34.1 Å². The molecule has 4 rings (SSSR count). The van der Waals surface area contributed by atoms with Gasteiger partial charge in [-0.05, 0) is 56.0 Å². The molecule has 1 aliphatic rings. The Balaban J connectivity index is 1.64. The molecule has 1 aliphatic heterocycles. The normalized spacial score (nSPS) is 17.3. The molecule has 0 spiro atoms. The van der Waals surface area contributed by atoms with Crippen LogP contribution >= 0.6 is 0 Å². The zero-order valence-electron chi connectivity index (χ0n) is 16.6. The molecule has 0 aliphatic carbocycles. The largest absolute Gasteiger partial charge is 0.377 e. The van der Waals surface area contributed by atoms with Crippen molar-refractivity contribution in [1.29, 1.82) is 0 Å². The second kappa shape index (κ2) is 7.83. The van der Waals surface area contributed by atoms with Gasteiger partial charge in [0.1, 0.15) is 0 Å². The highest BCUT2D eigenvalue weighted by Crippen LogP contribution is 2.28. The summed E-state index contributed by atoms with van der Waals surface area (Å²) < 4.78 is 8.25. The molecule has 27 heavy (non-hydrogen) atoms. The molecule has 0 amide bonds. The summed E-state index contributed by atoms with van der Waals surface area (Å²) >= 11 is 0. The second-order valence-electron chi connectivity index (χ2n) is 7.77. The minimum absolute atomic E-state index is 0.339. The molecule has 1 saturated heterocycles. The van der Waals surface area contributed by atoms with Crippen molar-refractivity contribution in [3.63, 3.8) is 0 Å². The lowest BCUT2D eigenvalue weighted by Crippen LogP contribution is -2.32. The molecule has 1 fully saturated rings. The van der Waals surface area contributed by atoms with Gasteiger partial charge >= 0.3 is 0 Å². The summed E-state index contributed by atoms with van der Waals surface area (Å²) in [7, 11) is 2.17. The molecule has 1 atom stereocenters. The van der Waals surface area contributed by atoms with E-state index in [2.05, 4.69) is 65.7 Å². The van der Waals surface area contributed by atoms with E-state index in [1.54, 1.807) is 0 Å². The Labute approximate surface area is 161 Å². The van der Waals surface area contributed by atoms with Crippen LogP contribution in [0.3, 0.4) is 0 Å². The third-order valence-electron chi connectivity index (χ3n) is 5.76. The van der Waals surface area contributed by atoms with Gasteiger partial charge in [-0.15, -0.1) is 0 Å². The molecule has 0 radical (unpaired) electrons. The molecular weight excluding hydrogens is 334 g/mol. The van der Waals surface area contributed by atoms with Gasteiger partial charge < -0.3 is 9.30 Å². The van der Waals surface area contributed by atoms with Crippen LogP contribution in [0.4, 0.5) is 0 Å². The quantitative estimate of drug-likeness (QED) is 0.651. The fraction of sp³-hybridized carbons (Fsp3) is 0.435. The molecule has 2 aromatic heterocycles. The van der Waals surface area contributed by atoms with E-state index < -0.39 is 0 Å². The summed E-state index contributed by atoms with van der Waals surface area (Å²) in [6.45, 7) is 8.01. The minimum atomic E-state index is 0.339. The van der Waals surface area contributed by atoms with Crippen LogP contribution in [-0.4, -0.2) is 33.7 Å². The fourth-order valence-electron chi connectivity index (χ4n) is 4.16. The SMILES string of the molecule is Cc1ccc2c(CN(Cc3ccccn3)C[C@H]3CCCO3)c(C)n(C)c2c1. The fourth-order valence-corrected chi connectivity index (χ4v) is 4.16. The highest BCUT2D eigenvalue weighted by Gasteiger charge is 2.22. The lowest BCUT2D eigenvalue weighted by Gasteiger charge is -2.25. The van der Waals surface area contributed by atoms with Crippen LogP contribution in [-0.2, 0) is 24.9 Å². The van der Waals surface area contributed by atoms with Crippen molar-refractivity contribution in [1.82, 2.24) is 14.5 Å². The highest BCUT2D eigenvalue weighted by atomic mass is 16.5. The van der Waals surface area contributed by atoms with Crippen molar-refractivity contribution >= 4 is 10.9 Å². The van der Waals surface area contributed by atoms with Gasteiger partial charge in [0.15, 0.2) is 0 Å². The lowest BCUT2D eigenvalue weighted by molar-refractivity contribution is 0.0675. The Hall–Kier alpha value is -2.17. The number of hydrogen-bond donors (Lipinski definition) is 0. The molecule has 0 saturated carbocycles. The predicted molar refractivity (Wildman–Crippen MR) is 110 cm³/mol. The zero-order valence-corrected chi connectivity index (χ0v) is 16.6. The van der Waals surface area contributed by atoms with Crippen LogP contribution in [0.15, 0.2) is 42.6 Å². The molecule has 3 aromatic rings. The Bertz CT molecular complexity index is 910. The van der Waals surface area contributed by atoms with E-state index in [-0.39, 0.29) is 0 Å². The maximum Gasteiger partial charge on any atom is 0.0703 e. The molecule has 0 N–H and O–H groups in total. The Morgan fingerprint density at radius 1 is 1.19 bits per heavy atom. The van der Waals surface area contributed by atoms with Gasteiger partial charge in [-0.1, -0.05) is 18.2 Å². The van der Waals surface area contributed by atoms with E-state index >= 15 is 0 Å². The summed E-state index contributed by atoms with van der Waals surface area (Å²) in [6, 6.07) is 12.9. The number of rotatable bonds is 6. The topological polar surface area (TPSA) is 30.3 Å². The van der Waals surface area contributed by atoms with Crippen LogP contribution < -0.4 is 0 Å². The predicted octanol–water partition coefficient (Wildman–Crippen LogP) is 4.37. The monoisotopic (exact) mass is 363 g/mol. The van der Waals surface area contributed by atoms with Crippen molar-refractivity contribution in [2.45, 2.75) is 45.9 Å². The van der Waals surface area contributed by atoms with Crippen molar-refractivity contribution in [3.8, 4) is 0 Å². The standard InChI is InChI=1S/C23H29N3O/c1-17-9-10-21-22(18(2)25(3)23(21)13-17)16-26(15-20-8-6-12-27-20)14-19-7-4-5-11-24-19/h4-5,7,9-11,13,20H,6,8,12,14-16H2,1-3H3/t20-/m1/s1. The van der Waals surface area contributed by atoms with Crippen LogP contribution in [0.5, 0.6) is 0 Å². The number of pyridine rings is 1. The van der Waals surface area contributed by atoms with Gasteiger partial charge in [-0.2, -0.15) is 0 Å². The number of fused-ring (bicyclic) bond motifs is 1. The molecule has 142 valence electrons. The Morgan fingerprint density at radius 2 is 2.07 bits per heavy atom. The summed E-state index contributed by atoms with van der Waals surface area (Å²) in [4.78, 5) is 7.05. The van der Waals surface area contributed by atoms with Gasteiger partial charge in [-0.25, -0.2) is 0 Å². The van der Waals surface area contributed by atoms with E-state index in [1.807, 2.05) is 12.3 Å². The number of aromatic nitrogens is 2. The third kappa shape index (κ3) is 3.92. The first-order chi connectivity index (χ1) is 13.1. The molecule has 1 aromatic carbocycles. The second-order valence-corrected chi connectivity index (χ2v) is 7.77. The van der Waals surface area contributed by atoms with Crippen LogP contribution in [0.1, 0.15) is 35.4 Å². The maximum atomic E-state index is 5.93. The average Bonchev–Trinajstić information content (AvgIpc) is 3.26. The first-order valence-electron chi connectivity index (χ1n) is 9.90. The van der Waals surface area contributed by atoms with Gasteiger partial charge in [0.25, 0.3) is 0 Å². The third-order valence-corrected chi connectivity index (χ3v) is 5.76. The van der Waals surface area contributed by atoms with E-state index in [4.69, 9.17) is 4.74 Å². The molecule has 0 unspecified atom stereocenters. The van der Waals surface area contributed by atoms with Gasteiger partial charge in [0.2, 0.25) is 0 Å². The number of hydrogen-bond acceptors (Lipinski definition) is 3. The van der Waals surface area contributed by atoms with Crippen molar-refractivity contribution in [3.05, 3.63) is 65.1 Å². The number of aryl methyl sites for hydroxylation is 2. The molecular formula is C23H29N3O. The minimum Gasteiger partial charge on any atom is -0.377 e. The number of nitrogens with zero attached hydrogens (tertiary/aromatic N) is 3. The summed E-state index contributed by atoms with van der Waals surface area (Å²) in [5.74, 6) is 0. The Morgan fingerprint density at radius 3 is 2.81 bits per heavy atom. The molecule has 4 nitrogen and oxygen atoms in total. The maximum absolute atomic E-state index is 5.93.